The zero-order valence-electron chi connectivity index (χ0n) is 19.5. The Labute approximate surface area is 215 Å². The third-order valence-corrected chi connectivity index (χ3v) is 8.99. The van der Waals surface area contributed by atoms with E-state index in [0.717, 1.165) is 57.4 Å². The Morgan fingerprint density at radius 3 is 2.77 bits per heavy atom. The van der Waals surface area contributed by atoms with Gasteiger partial charge in [-0.05, 0) is 44.5 Å². The Kier molecular flexibility index (Phi) is 6.21. The van der Waals surface area contributed by atoms with E-state index in [1.54, 1.807) is 12.1 Å². The van der Waals surface area contributed by atoms with E-state index in [4.69, 9.17) is 27.9 Å². The summed E-state index contributed by atoms with van der Waals surface area (Å²) in [5.74, 6) is 1.17. The van der Waals surface area contributed by atoms with E-state index in [-0.39, 0.29) is 24.0 Å². The van der Waals surface area contributed by atoms with E-state index in [1.807, 2.05) is 4.90 Å². The molecule has 2 aromatic rings. The Morgan fingerprint density at radius 1 is 1.11 bits per heavy atom. The second-order valence-electron chi connectivity index (χ2n) is 10.1. The van der Waals surface area contributed by atoms with Crippen molar-refractivity contribution in [3.8, 4) is 0 Å². The fourth-order valence-corrected chi connectivity index (χ4v) is 6.52. The first-order valence-electron chi connectivity index (χ1n) is 12.3. The van der Waals surface area contributed by atoms with E-state index in [0.29, 0.717) is 33.3 Å². The van der Waals surface area contributed by atoms with E-state index in [1.165, 1.54) is 6.33 Å². The maximum atomic E-state index is 13.0. The number of rotatable bonds is 4. The van der Waals surface area contributed by atoms with Crippen molar-refractivity contribution in [3.63, 3.8) is 0 Å². The topological polar surface area (TPSA) is 70.6 Å². The molecule has 3 aliphatic heterocycles. The molecule has 1 aliphatic carbocycles. The van der Waals surface area contributed by atoms with Crippen molar-refractivity contribution in [3.05, 3.63) is 52.8 Å². The highest BCUT2D eigenvalue weighted by molar-refractivity contribution is 6.42. The summed E-state index contributed by atoms with van der Waals surface area (Å²) in [5.41, 5.74) is 0.959. The molecule has 6 rings (SSSR count). The number of hydrogen-bond donors (Lipinski definition) is 1. The summed E-state index contributed by atoms with van der Waals surface area (Å²) < 4.78 is 6.12. The van der Waals surface area contributed by atoms with Crippen molar-refractivity contribution in [2.75, 3.05) is 44.6 Å². The zero-order chi connectivity index (χ0) is 24.0. The third-order valence-electron chi connectivity index (χ3n) is 8.27. The van der Waals surface area contributed by atoms with Gasteiger partial charge in [0.1, 0.15) is 12.1 Å². The number of carbonyl (C=O) groups excluding carboxylic acids is 1. The van der Waals surface area contributed by atoms with Gasteiger partial charge in [0.15, 0.2) is 0 Å². The molecule has 9 heteroatoms. The van der Waals surface area contributed by atoms with Crippen molar-refractivity contribution in [2.45, 2.75) is 31.4 Å². The summed E-state index contributed by atoms with van der Waals surface area (Å²) in [5, 5.41) is 4.81. The Bertz CT molecular complexity index is 1190. The van der Waals surface area contributed by atoms with Gasteiger partial charge in [0.2, 0.25) is 5.91 Å². The number of aromatic nitrogens is 2. The van der Waals surface area contributed by atoms with Crippen molar-refractivity contribution < 1.29 is 9.53 Å². The highest BCUT2D eigenvalue weighted by atomic mass is 35.5. The monoisotopic (exact) mass is 513 g/mol. The van der Waals surface area contributed by atoms with Gasteiger partial charge in [-0.15, -0.1) is 0 Å². The number of benzene rings is 1. The van der Waals surface area contributed by atoms with Crippen molar-refractivity contribution in [2.24, 2.45) is 11.3 Å². The molecule has 1 N–H and O–H groups in total. The van der Waals surface area contributed by atoms with Crippen LogP contribution < -0.4 is 5.32 Å². The van der Waals surface area contributed by atoms with Crippen LogP contribution in [0.15, 0.2) is 42.8 Å². The summed E-state index contributed by atoms with van der Waals surface area (Å²) >= 11 is 12.3. The average Bonchev–Trinajstić information content (AvgIpc) is 3.50. The molecule has 3 saturated heterocycles. The average molecular weight is 514 g/mol. The fourth-order valence-electron chi connectivity index (χ4n) is 6.20. The van der Waals surface area contributed by atoms with Crippen molar-refractivity contribution in [1.82, 2.24) is 19.8 Å². The number of hydrogen-bond acceptors (Lipinski definition) is 6. The molecule has 184 valence electrons. The Balaban J connectivity index is 1.03. The predicted octanol–water partition coefficient (Wildman–Crippen LogP) is 4.17. The molecule has 3 fully saturated rings. The lowest BCUT2D eigenvalue weighted by Crippen LogP contribution is -2.49. The molecule has 7 nitrogen and oxygen atoms in total. The second-order valence-corrected chi connectivity index (χ2v) is 10.9. The molecular formula is C26H29Cl2N5O2. The van der Waals surface area contributed by atoms with E-state index < -0.39 is 0 Å². The van der Waals surface area contributed by atoms with Crippen molar-refractivity contribution >= 4 is 45.8 Å². The molecule has 1 amide bonds. The molecule has 3 unspecified atom stereocenters. The van der Waals surface area contributed by atoms with Crippen LogP contribution in [0.2, 0.25) is 10.0 Å². The molecule has 4 heterocycles. The van der Waals surface area contributed by atoms with Crippen molar-refractivity contribution in [1.29, 1.82) is 0 Å². The number of anilines is 1. The van der Waals surface area contributed by atoms with Crippen LogP contribution in [0, 0.1) is 11.3 Å². The van der Waals surface area contributed by atoms with Crippen LogP contribution >= 0.6 is 23.2 Å². The number of nitrogens with zero attached hydrogens (tertiary/aromatic N) is 4. The van der Waals surface area contributed by atoms with Crippen LogP contribution in [0.4, 0.5) is 5.82 Å². The number of allylic oxidation sites excluding steroid dienone is 2. The summed E-state index contributed by atoms with van der Waals surface area (Å²) in [7, 11) is 0. The quantitative estimate of drug-likeness (QED) is 0.661. The van der Waals surface area contributed by atoms with Gasteiger partial charge < -0.3 is 15.0 Å². The van der Waals surface area contributed by atoms with Gasteiger partial charge in [-0.25, -0.2) is 9.97 Å². The van der Waals surface area contributed by atoms with Gasteiger partial charge >= 0.3 is 0 Å². The summed E-state index contributed by atoms with van der Waals surface area (Å²) in [6.07, 6.45) is 13.9. The molecule has 1 aromatic carbocycles. The van der Waals surface area contributed by atoms with Gasteiger partial charge in [-0.1, -0.05) is 47.5 Å². The maximum Gasteiger partial charge on any atom is 0.241 e. The molecule has 1 spiro atoms. The Hall–Kier alpha value is -2.19. The number of carbonyl (C=O) groups is 1. The predicted molar refractivity (Wildman–Crippen MR) is 138 cm³/mol. The zero-order valence-corrected chi connectivity index (χ0v) is 21.0. The van der Waals surface area contributed by atoms with E-state index in [2.05, 4.69) is 44.5 Å². The Morgan fingerprint density at radius 2 is 1.91 bits per heavy atom. The standard InChI is InChI=1S/C26H29Cl2N5O2/c27-20-11-18-22(12-21(20)28)30-16-31-25(18)29-13-24(34)33-8-5-17(14-33)32-9-6-26(7-10-32)15-35-23-4-2-1-3-19(23)26/h1-4,11-12,16-17,19,23H,5-10,13-15H2,(H,29,30,31). The molecule has 35 heavy (non-hydrogen) atoms. The number of fused-ring (bicyclic) bond motifs is 3. The van der Waals surface area contributed by atoms with Gasteiger partial charge in [0.25, 0.3) is 0 Å². The largest absolute Gasteiger partial charge is 0.373 e. The van der Waals surface area contributed by atoms with Crippen LogP contribution in [0.5, 0.6) is 0 Å². The maximum absolute atomic E-state index is 13.0. The van der Waals surface area contributed by atoms with Crippen LogP contribution in [-0.4, -0.2) is 77.2 Å². The van der Waals surface area contributed by atoms with Crippen LogP contribution in [0.25, 0.3) is 10.9 Å². The van der Waals surface area contributed by atoms with Gasteiger partial charge in [-0.2, -0.15) is 0 Å². The molecule has 1 aromatic heterocycles. The lowest BCUT2D eigenvalue weighted by Gasteiger charge is -2.44. The normalized spacial score (nSPS) is 27.6. The minimum Gasteiger partial charge on any atom is -0.373 e. The smallest absolute Gasteiger partial charge is 0.241 e. The molecular weight excluding hydrogens is 485 g/mol. The third kappa shape index (κ3) is 4.33. The van der Waals surface area contributed by atoms with Crippen LogP contribution in [-0.2, 0) is 9.53 Å². The first kappa shape index (κ1) is 23.2. The molecule has 3 atom stereocenters. The first-order valence-corrected chi connectivity index (χ1v) is 13.1. The number of ether oxygens (including phenoxy) is 1. The number of halogens is 2. The minimum absolute atomic E-state index is 0.0824. The highest BCUT2D eigenvalue weighted by Crippen LogP contribution is 2.49. The SMILES string of the molecule is O=C(CNc1ncnc2cc(Cl)c(Cl)cc12)N1CCC(N2CCC3(CC2)COC2C=CC=CC23)C1. The minimum atomic E-state index is 0.0824. The highest BCUT2D eigenvalue weighted by Gasteiger charge is 2.50. The molecule has 4 aliphatic rings. The summed E-state index contributed by atoms with van der Waals surface area (Å²) in [4.78, 5) is 26.1. The second kappa shape index (κ2) is 9.36. The fraction of sp³-hybridized carbons (Fsp3) is 0.500. The van der Waals surface area contributed by atoms with Gasteiger partial charge in [0, 0.05) is 35.9 Å². The van der Waals surface area contributed by atoms with Gasteiger partial charge in [-0.3, -0.25) is 9.69 Å². The van der Waals surface area contributed by atoms with Crippen LogP contribution in [0.1, 0.15) is 19.3 Å². The molecule has 0 saturated carbocycles. The van der Waals surface area contributed by atoms with Gasteiger partial charge in [0.05, 0.1) is 34.8 Å². The first-order chi connectivity index (χ1) is 17.0. The lowest BCUT2D eigenvalue weighted by atomic mass is 9.68. The lowest BCUT2D eigenvalue weighted by molar-refractivity contribution is -0.128. The van der Waals surface area contributed by atoms with E-state index in [9.17, 15) is 4.79 Å². The molecule has 0 radical (unpaired) electrons. The van der Waals surface area contributed by atoms with E-state index >= 15 is 0 Å². The summed E-state index contributed by atoms with van der Waals surface area (Å²) in [6, 6.07) is 3.87. The number of likely N-dealkylation sites (tertiary alicyclic amines) is 2. The number of piperidine rings is 1. The van der Waals surface area contributed by atoms with Crippen LogP contribution in [0.3, 0.4) is 0 Å². The number of amides is 1. The number of nitrogens with one attached hydrogen (secondary N) is 1. The molecule has 0 bridgehead atoms. The summed E-state index contributed by atoms with van der Waals surface area (Å²) in [6.45, 7) is 4.77.